The maximum atomic E-state index is 12.2. The van der Waals surface area contributed by atoms with Crippen molar-refractivity contribution >= 4 is 15.4 Å². The van der Waals surface area contributed by atoms with E-state index in [4.69, 9.17) is 9.79 Å². The van der Waals surface area contributed by atoms with Crippen LogP contribution in [0.5, 0.6) is 0 Å². The summed E-state index contributed by atoms with van der Waals surface area (Å²) in [5.41, 5.74) is -0.664. The summed E-state index contributed by atoms with van der Waals surface area (Å²) < 4.78 is 27.3. The summed E-state index contributed by atoms with van der Waals surface area (Å²) in [6, 6.07) is 0. The molecule has 22 heavy (non-hydrogen) atoms. The van der Waals surface area contributed by atoms with Crippen LogP contribution in [-0.2, 0) is 13.4 Å². The average Bonchev–Trinajstić information content (AvgIpc) is 2.38. The Bertz CT molecular complexity index is 381. The zero-order chi connectivity index (χ0) is 16.5. The van der Waals surface area contributed by atoms with Gasteiger partial charge in [-0.3, -0.25) is 4.57 Å². The lowest BCUT2D eigenvalue weighted by atomic mass is 10.0. The minimum absolute atomic E-state index is 0.494. The summed E-state index contributed by atoms with van der Waals surface area (Å²) in [7, 11) is -9.22. The SMILES string of the molecule is O=P(O)(O)OP(=O)(O)C1CCCCCCCCCCCCC1. The molecule has 0 radical (unpaired) electrons. The lowest BCUT2D eigenvalue weighted by Gasteiger charge is -2.23. The number of rotatable bonds is 3. The number of phosphoric acid groups is 1. The molecule has 1 atom stereocenters. The zero-order valence-electron chi connectivity index (χ0n) is 13.2. The Balaban J connectivity index is 2.58. The van der Waals surface area contributed by atoms with Crippen molar-refractivity contribution in [2.24, 2.45) is 0 Å². The standard InChI is InChI=1S/C14H30O6P2/c15-21(16,20-22(17,18)19)14-12-10-8-6-4-2-1-3-5-7-9-11-13-14/h14H,1-13H2,(H,15,16)(H2,17,18,19). The van der Waals surface area contributed by atoms with Gasteiger partial charge in [0.15, 0.2) is 0 Å². The van der Waals surface area contributed by atoms with Crippen molar-refractivity contribution in [3.8, 4) is 0 Å². The topological polar surface area (TPSA) is 104 Å². The molecule has 0 spiro atoms. The highest BCUT2D eigenvalue weighted by molar-refractivity contribution is 7.64. The Morgan fingerprint density at radius 2 is 0.955 bits per heavy atom. The number of hydrogen-bond donors (Lipinski definition) is 3. The second-order valence-corrected chi connectivity index (χ2v) is 9.75. The molecule has 0 aromatic carbocycles. The van der Waals surface area contributed by atoms with Gasteiger partial charge in [-0.2, -0.15) is 0 Å². The van der Waals surface area contributed by atoms with Crippen LogP contribution in [0.4, 0.5) is 0 Å². The third-order valence-electron chi connectivity index (χ3n) is 4.26. The van der Waals surface area contributed by atoms with E-state index >= 15 is 0 Å². The van der Waals surface area contributed by atoms with E-state index in [1.165, 1.54) is 32.1 Å². The fourth-order valence-corrected chi connectivity index (χ4v) is 5.81. The Labute approximate surface area is 133 Å². The van der Waals surface area contributed by atoms with E-state index in [0.29, 0.717) is 12.8 Å². The predicted molar refractivity (Wildman–Crippen MR) is 86.8 cm³/mol. The smallest absolute Gasteiger partial charge is 0.324 e. The fourth-order valence-electron chi connectivity index (χ4n) is 3.04. The highest BCUT2D eigenvalue weighted by Gasteiger charge is 2.38. The highest BCUT2D eigenvalue weighted by atomic mass is 31.3. The third-order valence-corrected chi connectivity index (χ3v) is 7.49. The molecule has 0 saturated heterocycles. The van der Waals surface area contributed by atoms with E-state index < -0.39 is 21.1 Å². The molecule has 0 amide bonds. The summed E-state index contributed by atoms with van der Waals surface area (Å²) in [6.45, 7) is 0. The van der Waals surface area contributed by atoms with Gasteiger partial charge >= 0.3 is 15.4 Å². The quantitative estimate of drug-likeness (QED) is 0.631. The minimum atomic E-state index is -4.94. The normalized spacial score (nSPS) is 24.3. The molecular weight excluding hydrogens is 326 g/mol. The Morgan fingerprint density at radius 1 is 0.636 bits per heavy atom. The van der Waals surface area contributed by atoms with E-state index in [0.717, 1.165) is 38.5 Å². The molecule has 1 unspecified atom stereocenters. The Kier molecular flexibility index (Phi) is 9.46. The van der Waals surface area contributed by atoms with Gasteiger partial charge in [-0.15, -0.1) is 0 Å². The molecule has 0 heterocycles. The van der Waals surface area contributed by atoms with Gasteiger partial charge in [0.25, 0.3) is 0 Å². The average molecular weight is 356 g/mol. The van der Waals surface area contributed by atoms with Crippen molar-refractivity contribution in [3.05, 3.63) is 0 Å². The van der Waals surface area contributed by atoms with Gasteiger partial charge in [0, 0.05) is 0 Å². The van der Waals surface area contributed by atoms with Gasteiger partial charge in [-0.05, 0) is 12.8 Å². The summed E-state index contributed by atoms with van der Waals surface area (Å²) in [4.78, 5) is 27.6. The number of hydrogen-bond acceptors (Lipinski definition) is 3. The molecule has 1 rings (SSSR count). The van der Waals surface area contributed by atoms with Crippen LogP contribution >= 0.6 is 15.4 Å². The summed E-state index contributed by atoms with van der Waals surface area (Å²) in [5, 5.41) is 0. The first-order valence-electron chi connectivity index (χ1n) is 8.40. The largest absolute Gasteiger partial charge is 0.476 e. The van der Waals surface area contributed by atoms with Crippen LogP contribution in [0, 0.1) is 0 Å². The molecule has 0 aromatic heterocycles. The first-order valence-corrected chi connectivity index (χ1v) is 11.6. The maximum absolute atomic E-state index is 12.2. The molecule has 1 aliphatic carbocycles. The van der Waals surface area contributed by atoms with E-state index in [2.05, 4.69) is 4.31 Å². The molecule has 3 N–H and O–H groups in total. The predicted octanol–water partition coefficient (Wildman–Crippen LogP) is 4.73. The van der Waals surface area contributed by atoms with Crippen LogP contribution in [-0.4, -0.2) is 20.3 Å². The monoisotopic (exact) mass is 356 g/mol. The summed E-state index contributed by atoms with van der Waals surface area (Å²) >= 11 is 0. The van der Waals surface area contributed by atoms with Crippen molar-refractivity contribution < 1.29 is 28.1 Å². The van der Waals surface area contributed by atoms with Crippen LogP contribution in [0.1, 0.15) is 83.5 Å². The first-order chi connectivity index (χ1) is 10.3. The van der Waals surface area contributed by atoms with E-state index in [-0.39, 0.29) is 0 Å². The minimum Gasteiger partial charge on any atom is -0.324 e. The van der Waals surface area contributed by atoms with Crippen LogP contribution in [0.25, 0.3) is 0 Å². The Hall–Kier alpha value is 0.300. The van der Waals surface area contributed by atoms with Crippen LogP contribution in [0.2, 0.25) is 0 Å². The van der Waals surface area contributed by atoms with Crippen LogP contribution in [0.15, 0.2) is 0 Å². The second kappa shape index (κ2) is 10.2. The summed E-state index contributed by atoms with van der Waals surface area (Å²) in [5.74, 6) is 0. The lowest BCUT2D eigenvalue weighted by Crippen LogP contribution is -2.11. The van der Waals surface area contributed by atoms with Crippen molar-refractivity contribution in [1.29, 1.82) is 0 Å². The van der Waals surface area contributed by atoms with Crippen LogP contribution < -0.4 is 0 Å². The molecule has 132 valence electrons. The molecule has 1 fully saturated rings. The first kappa shape index (κ1) is 20.3. The summed E-state index contributed by atoms with van der Waals surface area (Å²) in [6.07, 6.45) is 13.0. The Morgan fingerprint density at radius 3 is 1.27 bits per heavy atom. The van der Waals surface area contributed by atoms with Crippen molar-refractivity contribution in [2.45, 2.75) is 89.1 Å². The van der Waals surface area contributed by atoms with Gasteiger partial charge in [-0.1, -0.05) is 70.6 Å². The molecule has 8 heteroatoms. The molecule has 0 aliphatic heterocycles. The molecule has 0 aromatic rings. The van der Waals surface area contributed by atoms with Gasteiger partial charge in [0.1, 0.15) is 0 Å². The van der Waals surface area contributed by atoms with E-state index in [9.17, 15) is 14.0 Å². The second-order valence-electron chi connectivity index (χ2n) is 6.26. The fraction of sp³-hybridized carbons (Fsp3) is 1.00. The van der Waals surface area contributed by atoms with E-state index in [1.54, 1.807) is 0 Å². The van der Waals surface area contributed by atoms with Crippen molar-refractivity contribution in [1.82, 2.24) is 0 Å². The van der Waals surface area contributed by atoms with Crippen LogP contribution in [0.3, 0.4) is 0 Å². The molecular formula is C14H30O6P2. The molecule has 0 bridgehead atoms. The van der Waals surface area contributed by atoms with Gasteiger partial charge < -0.3 is 14.7 Å². The molecule has 1 saturated carbocycles. The highest BCUT2D eigenvalue weighted by Crippen LogP contribution is 2.61. The van der Waals surface area contributed by atoms with Gasteiger partial charge in [-0.25, -0.2) is 8.88 Å². The van der Waals surface area contributed by atoms with Crippen molar-refractivity contribution in [3.63, 3.8) is 0 Å². The van der Waals surface area contributed by atoms with Crippen molar-refractivity contribution in [2.75, 3.05) is 0 Å². The maximum Gasteiger partial charge on any atom is 0.476 e. The van der Waals surface area contributed by atoms with Gasteiger partial charge in [0.2, 0.25) is 0 Å². The zero-order valence-corrected chi connectivity index (χ0v) is 15.0. The molecule has 1 aliphatic rings. The van der Waals surface area contributed by atoms with E-state index in [1.807, 2.05) is 0 Å². The third kappa shape index (κ3) is 9.44. The van der Waals surface area contributed by atoms with Gasteiger partial charge in [0.05, 0.1) is 5.66 Å². The lowest BCUT2D eigenvalue weighted by molar-refractivity contribution is 0.256. The molecule has 6 nitrogen and oxygen atoms in total.